The minimum atomic E-state index is -0.742. The molecule has 1 aromatic carbocycles. The van der Waals surface area contributed by atoms with E-state index in [9.17, 15) is 9.18 Å². The van der Waals surface area contributed by atoms with Crippen LogP contribution in [0, 0.1) is 5.82 Å². The maximum absolute atomic E-state index is 13.0. The van der Waals surface area contributed by atoms with Gasteiger partial charge in [-0.25, -0.2) is 4.39 Å². The lowest BCUT2D eigenvalue weighted by atomic mass is 9.96. The summed E-state index contributed by atoms with van der Waals surface area (Å²) in [5, 5.41) is 6.91. The Bertz CT molecular complexity index is 710. The summed E-state index contributed by atoms with van der Waals surface area (Å²) in [4.78, 5) is 18.7. The van der Waals surface area contributed by atoms with Gasteiger partial charge in [0, 0.05) is 6.42 Å². The van der Waals surface area contributed by atoms with Gasteiger partial charge in [0.2, 0.25) is 11.8 Å². The highest BCUT2D eigenvalue weighted by Gasteiger charge is 2.29. The Kier molecular flexibility index (Phi) is 5.89. The third-order valence-electron chi connectivity index (χ3n) is 3.86. The van der Waals surface area contributed by atoms with E-state index in [0.717, 1.165) is 5.56 Å². The Hall–Kier alpha value is -2.28. The van der Waals surface area contributed by atoms with Crippen molar-refractivity contribution in [2.45, 2.75) is 45.2 Å². The summed E-state index contributed by atoms with van der Waals surface area (Å²) in [5.74, 6) is 0.507. The highest BCUT2D eigenvalue weighted by molar-refractivity contribution is 5.77. The number of amides is 1. The average Bonchev–Trinajstić information content (AvgIpc) is 2.95. The Morgan fingerprint density at radius 1 is 1.32 bits per heavy atom. The Morgan fingerprint density at radius 2 is 1.96 bits per heavy atom. The molecule has 0 aliphatic carbocycles. The van der Waals surface area contributed by atoms with Crippen molar-refractivity contribution < 1.29 is 13.7 Å². The molecule has 1 heterocycles. The van der Waals surface area contributed by atoms with Gasteiger partial charge < -0.3 is 14.7 Å². The normalized spacial score (nSPS) is 13.1. The van der Waals surface area contributed by atoms with Crippen LogP contribution in [0.15, 0.2) is 28.8 Å². The number of rotatable bonds is 7. The van der Waals surface area contributed by atoms with Gasteiger partial charge in [-0.1, -0.05) is 24.2 Å². The van der Waals surface area contributed by atoms with Crippen molar-refractivity contribution in [1.29, 1.82) is 0 Å². The van der Waals surface area contributed by atoms with E-state index >= 15 is 0 Å². The zero-order valence-electron chi connectivity index (χ0n) is 15.3. The summed E-state index contributed by atoms with van der Waals surface area (Å²) in [6.45, 7) is 6.14. The second-order valence-corrected chi connectivity index (χ2v) is 7.08. The second-order valence-electron chi connectivity index (χ2n) is 7.08. The monoisotopic (exact) mass is 348 g/mol. The molecule has 0 saturated heterocycles. The summed E-state index contributed by atoms with van der Waals surface area (Å²) in [7, 11) is 3.82. The van der Waals surface area contributed by atoms with Crippen LogP contribution < -0.4 is 5.32 Å². The molecule has 1 N–H and O–H groups in total. The molecule has 2 aromatic rings. The van der Waals surface area contributed by atoms with E-state index < -0.39 is 5.54 Å². The van der Waals surface area contributed by atoms with Crippen LogP contribution in [0.25, 0.3) is 0 Å². The Morgan fingerprint density at radius 3 is 2.56 bits per heavy atom. The molecule has 1 atom stereocenters. The van der Waals surface area contributed by atoms with Crippen LogP contribution in [-0.4, -0.2) is 35.0 Å². The van der Waals surface area contributed by atoms with Gasteiger partial charge in [0.15, 0.2) is 5.82 Å². The van der Waals surface area contributed by atoms with Crippen molar-refractivity contribution in [2.24, 2.45) is 0 Å². The van der Waals surface area contributed by atoms with Crippen molar-refractivity contribution in [3.05, 3.63) is 47.4 Å². The number of nitrogens with one attached hydrogen (secondary N) is 1. The van der Waals surface area contributed by atoms with Gasteiger partial charge >= 0.3 is 0 Å². The maximum Gasteiger partial charge on any atom is 0.240 e. The first-order chi connectivity index (χ1) is 11.7. The van der Waals surface area contributed by atoms with Crippen LogP contribution in [0.1, 0.15) is 50.4 Å². The molecule has 0 bridgehead atoms. The molecule has 0 unspecified atom stereocenters. The number of benzene rings is 1. The van der Waals surface area contributed by atoms with Gasteiger partial charge in [-0.05, 0) is 51.6 Å². The van der Waals surface area contributed by atoms with Crippen molar-refractivity contribution in [1.82, 2.24) is 20.4 Å². The molecule has 0 radical (unpaired) electrons. The van der Waals surface area contributed by atoms with Crippen LogP contribution >= 0.6 is 0 Å². The number of nitrogens with zero attached hydrogens (tertiary/aromatic N) is 3. The van der Waals surface area contributed by atoms with Crippen molar-refractivity contribution in [2.75, 3.05) is 14.1 Å². The highest BCUT2D eigenvalue weighted by atomic mass is 19.1. The molecule has 0 fully saturated rings. The number of aromatic nitrogens is 2. The fourth-order valence-electron chi connectivity index (χ4n) is 2.49. The van der Waals surface area contributed by atoms with E-state index in [1.807, 2.05) is 39.8 Å². The minimum absolute atomic E-state index is 0.0222. The number of halogens is 1. The summed E-state index contributed by atoms with van der Waals surface area (Å²) >= 11 is 0. The first-order valence-corrected chi connectivity index (χ1v) is 8.21. The zero-order chi connectivity index (χ0) is 18.6. The van der Waals surface area contributed by atoms with Crippen LogP contribution in [0.2, 0.25) is 0 Å². The number of carbonyl (C=O) groups is 1. The lowest BCUT2D eigenvalue weighted by Crippen LogP contribution is -2.42. The third kappa shape index (κ3) is 5.35. The van der Waals surface area contributed by atoms with Crippen LogP contribution in [-0.2, 0) is 16.9 Å². The molecule has 7 heteroatoms. The molecule has 0 spiro atoms. The molecule has 0 aliphatic rings. The van der Waals surface area contributed by atoms with Gasteiger partial charge in [0.1, 0.15) is 5.82 Å². The van der Waals surface area contributed by atoms with Crippen LogP contribution in [0.5, 0.6) is 0 Å². The van der Waals surface area contributed by atoms with E-state index in [1.54, 1.807) is 12.1 Å². The molecular weight excluding hydrogens is 323 g/mol. The van der Waals surface area contributed by atoms with Gasteiger partial charge in [0.05, 0.1) is 12.1 Å². The first-order valence-electron chi connectivity index (χ1n) is 8.21. The molecule has 0 saturated carbocycles. The predicted octanol–water partition coefficient (Wildman–Crippen LogP) is 2.82. The molecule has 136 valence electrons. The largest absolute Gasteiger partial charge is 0.344 e. The van der Waals surface area contributed by atoms with E-state index in [4.69, 9.17) is 4.52 Å². The zero-order valence-corrected chi connectivity index (χ0v) is 15.3. The van der Waals surface area contributed by atoms with Gasteiger partial charge in [-0.2, -0.15) is 4.98 Å². The quantitative estimate of drug-likeness (QED) is 0.833. The molecular formula is C18H25FN4O2. The van der Waals surface area contributed by atoms with Crippen molar-refractivity contribution in [3.63, 3.8) is 0 Å². The van der Waals surface area contributed by atoms with E-state index in [1.165, 1.54) is 12.1 Å². The molecule has 0 aliphatic heterocycles. The maximum atomic E-state index is 13.0. The summed E-state index contributed by atoms with van der Waals surface area (Å²) < 4.78 is 18.2. The van der Waals surface area contributed by atoms with E-state index in [2.05, 4.69) is 15.5 Å². The van der Waals surface area contributed by atoms with Crippen molar-refractivity contribution in [3.8, 4) is 0 Å². The number of carbonyl (C=O) groups excluding carboxylic acids is 1. The smallest absolute Gasteiger partial charge is 0.240 e. The fourth-order valence-corrected chi connectivity index (χ4v) is 2.49. The summed E-state index contributed by atoms with van der Waals surface area (Å²) in [6, 6.07) is 6.20. The van der Waals surface area contributed by atoms with E-state index in [-0.39, 0.29) is 24.1 Å². The Labute approximate surface area is 147 Å². The molecule has 25 heavy (non-hydrogen) atoms. The standard InChI is InChI=1S/C18H25FN4O2/c1-12(13-6-8-14(19)9-7-13)10-15(24)21-18(2,3)17-20-16(25-22-17)11-23(4)5/h6-9,12H,10-11H2,1-5H3,(H,21,24)/t12-/m1/s1. The summed E-state index contributed by atoms with van der Waals surface area (Å²) in [6.07, 6.45) is 0.289. The van der Waals surface area contributed by atoms with Gasteiger partial charge in [-0.15, -0.1) is 0 Å². The van der Waals surface area contributed by atoms with Crippen molar-refractivity contribution >= 4 is 5.91 Å². The summed E-state index contributed by atoms with van der Waals surface area (Å²) in [5.41, 5.74) is 0.176. The van der Waals surface area contributed by atoms with Gasteiger partial charge in [-0.3, -0.25) is 4.79 Å². The third-order valence-corrected chi connectivity index (χ3v) is 3.86. The fraction of sp³-hybridized carbons (Fsp3) is 0.500. The lowest BCUT2D eigenvalue weighted by molar-refractivity contribution is -0.123. The topological polar surface area (TPSA) is 71.3 Å². The minimum Gasteiger partial charge on any atom is -0.344 e. The molecule has 2 rings (SSSR count). The average molecular weight is 348 g/mol. The van der Waals surface area contributed by atoms with Gasteiger partial charge in [0.25, 0.3) is 0 Å². The molecule has 1 aromatic heterocycles. The Balaban J connectivity index is 1.98. The number of hydrogen-bond acceptors (Lipinski definition) is 5. The lowest BCUT2D eigenvalue weighted by Gasteiger charge is -2.23. The number of hydrogen-bond donors (Lipinski definition) is 1. The molecule has 6 nitrogen and oxygen atoms in total. The predicted molar refractivity (Wildman–Crippen MR) is 92.3 cm³/mol. The van der Waals surface area contributed by atoms with Crippen LogP contribution in [0.4, 0.5) is 4.39 Å². The SMILES string of the molecule is C[C@H](CC(=O)NC(C)(C)c1noc(CN(C)C)n1)c1ccc(F)cc1. The molecule has 1 amide bonds. The first kappa shape index (κ1) is 19.1. The highest BCUT2D eigenvalue weighted by Crippen LogP contribution is 2.22. The van der Waals surface area contributed by atoms with E-state index in [0.29, 0.717) is 18.3 Å². The van der Waals surface area contributed by atoms with Crippen LogP contribution in [0.3, 0.4) is 0 Å². The second kappa shape index (κ2) is 7.74.